The molecule has 2 aliphatic rings. The average Bonchev–Trinajstić information content (AvgIpc) is 2.45. The van der Waals surface area contributed by atoms with E-state index in [1.54, 1.807) is 17.8 Å². The van der Waals surface area contributed by atoms with Gasteiger partial charge in [0.25, 0.3) is 0 Å². The summed E-state index contributed by atoms with van der Waals surface area (Å²) in [6.07, 6.45) is 2.15. The van der Waals surface area contributed by atoms with E-state index in [1.807, 2.05) is 25.1 Å². The van der Waals surface area contributed by atoms with Crippen molar-refractivity contribution < 1.29 is 14.3 Å². The third-order valence-electron chi connectivity index (χ3n) is 3.16. The highest BCUT2D eigenvalue weighted by Crippen LogP contribution is 2.44. The number of hydrogen-bond acceptors (Lipinski definition) is 5. The Morgan fingerprint density at radius 3 is 3.00 bits per heavy atom. The van der Waals surface area contributed by atoms with Crippen molar-refractivity contribution in [3.8, 4) is 5.75 Å². The molecule has 0 aromatic heterocycles. The van der Waals surface area contributed by atoms with Crippen molar-refractivity contribution >= 4 is 23.2 Å². The molecule has 0 atom stereocenters. The zero-order chi connectivity index (χ0) is 14.1. The fraction of sp³-hybridized carbons (Fsp3) is 0.267. The highest BCUT2D eigenvalue weighted by molar-refractivity contribution is 8.03. The number of thioether (sulfide) groups is 1. The summed E-state index contributed by atoms with van der Waals surface area (Å²) in [7, 11) is 1.52. The molecule has 4 nitrogen and oxygen atoms in total. The fourth-order valence-electron chi connectivity index (χ4n) is 2.21. The minimum Gasteiger partial charge on any atom is -0.494 e. The van der Waals surface area contributed by atoms with E-state index in [4.69, 9.17) is 9.47 Å². The average molecular weight is 289 g/mol. The monoisotopic (exact) mass is 289 g/mol. The number of hydrogen-bond donors (Lipinski definition) is 1. The van der Waals surface area contributed by atoms with Crippen molar-refractivity contribution in [1.82, 2.24) is 0 Å². The van der Waals surface area contributed by atoms with Crippen LogP contribution in [0.25, 0.3) is 0 Å². The largest absolute Gasteiger partial charge is 0.494 e. The summed E-state index contributed by atoms with van der Waals surface area (Å²) in [5, 5.41) is 3.35. The smallest absolute Gasteiger partial charge is 0.202 e. The first-order valence-corrected chi connectivity index (χ1v) is 7.26. The van der Waals surface area contributed by atoms with E-state index in [1.165, 1.54) is 7.11 Å². The normalized spacial score (nSPS) is 16.9. The minimum absolute atomic E-state index is 0.0185. The highest BCUT2D eigenvalue weighted by Gasteiger charge is 2.26. The molecule has 0 radical (unpaired) electrons. The number of ether oxygens (including phenoxy) is 2. The van der Waals surface area contributed by atoms with E-state index >= 15 is 0 Å². The van der Waals surface area contributed by atoms with Gasteiger partial charge in [0.2, 0.25) is 5.78 Å². The first-order chi connectivity index (χ1) is 9.71. The second-order valence-electron chi connectivity index (χ2n) is 4.47. The summed E-state index contributed by atoms with van der Waals surface area (Å²) in [5.41, 5.74) is 1.97. The van der Waals surface area contributed by atoms with Gasteiger partial charge in [0, 0.05) is 22.3 Å². The fourth-order valence-corrected chi connectivity index (χ4v) is 3.31. The molecule has 0 bridgehead atoms. The summed E-state index contributed by atoms with van der Waals surface area (Å²) >= 11 is 1.61. The molecular formula is C15H15NO3S. The Balaban J connectivity index is 1.92. The van der Waals surface area contributed by atoms with Crippen LogP contribution in [0, 0.1) is 0 Å². The predicted molar refractivity (Wildman–Crippen MR) is 78.8 cm³/mol. The van der Waals surface area contributed by atoms with Crippen LogP contribution < -0.4 is 10.1 Å². The number of benzene rings is 1. The molecule has 0 fully saturated rings. The lowest BCUT2D eigenvalue weighted by Crippen LogP contribution is -2.17. The van der Waals surface area contributed by atoms with Crippen molar-refractivity contribution in [2.24, 2.45) is 0 Å². The quantitative estimate of drug-likeness (QED) is 0.925. The summed E-state index contributed by atoms with van der Waals surface area (Å²) in [4.78, 5) is 14.0. The van der Waals surface area contributed by atoms with Gasteiger partial charge in [-0.05, 0) is 25.1 Å². The molecule has 1 aliphatic heterocycles. The number of nitrogens with one attached hydrogen (secondary N) is 1. The van der Waals surface area contributed by atoms with E-state index < -0.39 is 0 Å². The number of carbonyl (C=O) groups excluding carboxylic acids is 1. The van der Waals surface area contributed by atoms with E-state index in [0.717, 1.165) is 26.9 Å². The summed E-state index contributed by atoms with van der Waals surface area (Å²) < 4.78 is 10.6. The van der Waals surface area contributed by atoms with Crippen LogP contribution >= 0.6 is 11.8 Å². The molecule has 0 amide bonds. The van der Waals surface area contributed by atoms with Crippen molar-refractivity contribution in [3.63, 3.8) is 0 Å². The number of Topliss-reactive ketones (excluding diaryl/α,β-unsaturated/α-hetero) is 1. The highest BCUT2D eigenvalue weighted by atomic mass is 32.2. The van der Waals surface area contributed by atoms with Crippen LogP contribution in [0.15, 0.2) is 45.5 Å². The molecule has 1 aromatic carbocycles. The van der Waals surface area contributed by atoms with Gasteiger partial charge in [0.05, 0.1) is 25.1 Å². The SMILES string of the molecule is CCOc1ccc2c(c1)SC1=C(C=C(OC)C(=O)C1)N2. The van der Waals surface area contributed by atoms with Gasteiger partial charge in [-0.15, -0.1) is 0 Å². The second kappa shape index (κ2) is 5.25. The Kier molecular flexibility index (Phi) is 3.44. The van der Waals surface area contributed by atoms with Crippen LogP contribution in [-0.4, -0.2) is 19.5 Å². The maximum Gasteiger partial charge on any atom is 0.202 e. The number of anilines is 1. The molecule has 1 aliphatic carbocycles. The minimum atomic E-state index is 0.0185. The maximum absolute atomic E-state index is 11.9. The van der Waals surface area contributed by atoms with Crippen molar-refractivity contribution in [2.75, 3.05) is 19.0 Å². The van der Waals surface area contributed by atoms with E-state index in [9.17, 15) is 4.79 Å². The molecule has 0 saturated heterocycles. The molecule has 5 heteroatoms. The number of rotatable bonds is 3. The topological polar surface area (TPSA) is 47.6 Å². The van der Waals surface area contributed by atoms with Crippen LogP contribution in [0.4, 0.5) is 5.69 Å². The Bertz CT molecular complexity index is 634. The zero-order valence-electron chi connectivity index (χ0n) is 11.4. The van der Waals surface area contributed by atoms with Crippen LogP contribution in [0.3, 0.4) is 0 Å². The van der Waals surface area contributed by atoms with E-state index in [2.05, 4.69) is 5.32 Å². The first kappa shape index (κ1) is 13.1. The lowest BCUT2D eigenvalue weighted by atomic mass is 10.1. The number of carbonyl (C=O) groups is 1. The van der Waals surface area contributed by atoms with Crippen LogP contribution in [0.1, 0.15) is 13.3 Å². The number of methoxy groups -OCH3 is 1. The number of ketones is 1. The molecule has 1 aromatic rings. The molecule has 0 spiro atoms. The van der Waals surface area contributed by atoms with E-state index in [0.29, 0.717) is 18.8 Å². The van der Waals surface area contributed by atoms with Gasteiger partial charge in [-0.3, -0.25) is 4.79 Å². The number of allylic oxidation sites excluding steroid dienone is 3. The summed E-state index contributed by atoms with van der Waals surface area (Å²) in [6, 6.07) is 5.94. The van der Waals surface area contributed by atoms with Gasteiger partial charge >= 0.3 is 0 Å². The molecule has 0 saturated carbocycles. The first-order valence-electron chi connectivity index (χ1n) is 6.45. The molecule has 104 valence electrons. The Hall–Kier alpha value is -1.88. The number of fused-ring (bicyclic) bond motifs is 1. The molecule has 1 N–H and O–H groups in total. The van der Waals surface area contributed by atoms with Gasteiger partial charge in [0.1, 0.15) is 5.75 Å². The van der Waals surface area contributed by atoms with Crippen molar-refractivity contribution in [3.05, 3.63) is 40.6 Å². The van der Waals surface area contributed by atoms with Gasteiger partial charge in [-0.2, -0.15) is 0 Å². The van der Waals surface area contributed by atoms with E-state index in [-0.39, 0.29) is 5.78 Å². The van der Waals surface area contributed by atoms with Gasteiger partial charge < -0.3 is 14.8 Å². The van der Waals surface area contributed by atoms with Gasteiger partial charge in [0.15, 0.2) is 5.76 Å². The van der Waals surface area contributed by atoms with Crippen LogP contribution in [0.5, 0.6) is 5.75 Å². The Morgan fingerprint density at radius 1 is 1.40 bits per heavy atom. The van der Waals surface area contributed by atoms with Crippen LogP contribution in [0.2, 0.25) is 0 Å². The lowest BCUT2D eigenvalue weighted by Gasteiger charge is -2.25. The van der Waals surface area contributed by atoms with Crippen molar-refractivity contribution in [1.29, 1.82) is 0 Å². The third kappa shape index (κ3) is 2.29. The summed E-state index contributed by atoms with van der Waals surface area (Å²) in [6.45, 7) is 2.60. The standard InChI is InChI=1S/C15H15NO3S/c1-3-19-9-4-5-10-14(6-9)20-15-8-12(17)13(18-2)7-11(15)16-10/h4-7,16H,3,8H2,1-2H3. The molecule has 20 heavy (non-hydrogen) atoms. The zero-order valence-corrected chi connectivity index (χ0v) is 12.2. The van der Waals surface area contributed by atoms with Crippen molar-refractivity contribution in [2.45, 2.75) is 18.2 Å². The van der Waals surface area contributed by atoms with Crippen LogP contribution in [-0.2, 0) is 9.53 Å². The second-order valence-corrected chi connectivity index (χ2v) is 5.60. The Labute approximate surface area is 121 Å². The lowest BCUT2D eigenvalue weighted by molar-refractivity contribution is -0.117. The Morgan fingerprint density at radius 2 is 2.25 bits per heavy atom. The predicted octanol–water partition coefficient (Wildman–Crippen LogP) is 3.32. The van der Waals surface area contributed by atoms with Gasteiger partial charge in [-0.25, -0.2) is 0 Å². The van der Waals surface area contributed by atoms with Gasteiger partial charge in [-0.1, -0.05) is 11.8 Å². The third-order valence-corrected chi connectivity index (χ3v) is 4.33. The molecule has 3 rings (SSSR count). The maximum atomic E-state index is 11.9. The molecule has 0 unspecified atom stereocenters. The molecule has 1 heterocycles. The summed E-state index contributed by atoms with van der Waals surface area (Å²) in [5.74, 6) is 1.27. The molecular weight excluding hydrogens is 274 g/mol.